The molecule has 7 heteroatoms. The molecule has 1 fully saturated rings. The number of ether oxygens (including phenoxy) is 1. The van der Waals surface area contributed by atoms with Gasteiger partial charge in [-0.2, -0.15) is 0 Å². The van der Waals surface area contributed by atoms with Crippen LogP contribution in [0.4, 0.5) is 4.79 Å². The Balaban J connectivity index is 1.92. The second kappa shape index (κ2) is 6.89. The van der Waals surface area contributed by atoms with E-state index in [1.807, 2.05) is 5.38 Å². The molecule has 0 aliphatic carbocycles. The summed E-state index contributed by atoms with van der Waals surface area (Å²) in [6, 6.07) is 0. The van der Waals surface area contributed by atoms with Crippen molar-refractivity contribution in [2.75, 3.05) is 32.8 Å². The quantitative estimate of drug-likeness (QED) is 0.858. The first-order chi connectivity index (χ1) is 10.0. The minimum atomic E-state index is -0.305. The largest absolute Gasteiger partial charge is 0.450 e. The number of piperazine rings is 1. The zero-order valence-electron chi connectivity index (χ0n) is 12.7. The van der Waals surface area contributed by atoms with Crippen molar-refractivity contribution in [2.45, 2.75) is 26.7 Å². The summed E-state index contributed by atoms with van der Waals surface area (Å²) in [5, 5.41) is 2.79. The zero-order chi connectivity index (χ0) is 15.4. The van der Waals surface area contributed by atoms with Crippen LogP contribution in [0.2, 0.25) is 0 Å². The highest BCUT2D eigenvalue weighted by molar-refractivity contribution is 7.09. The van der Waals surface area contributed by atoms with Crippen LogP contribution in [0.1, 0.15) is 42.2 Å². The number of carbonyl (C=O) groups excluding carboxylic acids is 2. The molecule has 0 unspecified atom stereocenters. The average Bonchev–Trinajstić information content (AvgIpc) is 2.97. The van der Waals surface area contributed by atoms with E-state index < -0.39 is 0 Å². The molecule has 0 bridgehead atoms. The molecule has 0 spiro atoms. The van der Waals surface area contributed by atoms with E-state index in [0.717, 1.165) is 5.01 Å². The summed E-state index contributed by atoms with van der Waals surface area (Å²) in [6.07, 6.45) is -0.305. The lowest BCUT2D eigenvalue weighted by atomic mass is 10.2. The van der Waals surface area contributed by atoms with Crippen molar-refractivity contribution in [3.05, 3.63) is 16.1 Å². The first-order valence-electron chi connectivity index (χ1n) is 7.19. The van der Waals surface area contributed by atoms with Gasteiger partial charge in [-0.15, -0.1) is 11.3 Å². The standard InChI is InChI=1S/C14H21N3O3S/c1-4-20-14(19)17-7-5-16(6-8-17)13(18)11-9-21-12(15-11)10(2)3/h9-10H,4-8H2,1-3H3. The lowest BCUT2D eigenvalue weighted by Crippen LogP contribution is -2.50. The Morgan fingerprint density at radius 2 is 1.90 bits per heavy atom. The smallest absolute Gasteiger partial charge is 0.409 e. The molecule has 1 aliphatic heterocycles. The molecule has 1 aromatic rings. The molecule has 116 valence electrons. The summed E-state index contributed by atoms with van der Waals surface area (Å²) in [7, 11) is 0. The van der Waals surface area contributed by atoms with Crippen molar-refractivity contribution in [1.29, 1.82) is 0 Å². The lowest BCUT2D eigenvalue weighted by Gasteiger charge is -2.33. The second-order valence-electron chi connectivity index (χ2n) is 5.20. The predicted octanol–water partition coefficient (Wildman–Crippen LogP) is 2.18. The van der Waals surface area contributed by atoms with Crippen LogP contribution in [0.15, 0.2) is 5.38 Å². The lowest BCUT2D eigenvalue weighted by molar-refractivity contribution is 0.0566. The van der Waals surface area contributed by atoms with E-state index in [4.69, 9.17) is 4.74 Å². The first kappa shape index (κ1) is 15.8. The fourth-order valence-electron chi connectivity index (χ4n) is 2.12. The Morgan fingerprint density at radius 1 is 1.29 bits per heavy atom. The van der Waals surface area contributed by atoms with Gasteiger partial charge in [-0.3, -0.25) is 4.79 Å². The zero-order valence-corrected chi connectivity index (χ0v) is 13.5. The maximum atomic E-state index is 12.4. The van der Waals surface area contributed by atoms with Gasteiger partial charge in [-0.25, -0.2) is 9.78 Å². The summed E-state index contributed by atoms with van der Waals surface area (Å²) >= 11 is 1.52. The van der Waals surface area contributed by atoms with Crippen molar-refractivity contribution in [2.24, 2.45) is 0 Å². The fraction of sp³-hybridized carbons (Fsp3) is 0.643. The van der Waals surface area contributed by atoms with Crippen LogP contribution in [0.3, 0.4) is 0 Å². The van der Waals surface area contributed by atoms with Gasteiger partial charge < -0.3 is 14.5 Å². The molecule has 2 rings (SSSR count). The summed E-state index contributed by atoms with van der Waals surface area (Å²) < 4.78 is 4.96. The molecule has 2 heterocycles. The topological polar surface area (TPSA) is 62.7 Å². The minimum absolute atomic E-state index is 0.0540. The first-order valence-corrected chi connectivity index (χ1v) is 8.07. The van der Waals surface area contributed by atoms with Crippen molar-refractivity contribution in [3.63, 3.8) is 0 Å². The van der Waals surface area contributed by atoms with Crippen LogP contribution in [0, 0.1) is 0 Å². The highest BCUT2D eigenvalue weighted by Gasteiger charge is 2.26. The molecular weight excluding hydrogens is 290 g/mol. The number of thiazole rings is 1. The maximum absolute atomic E-state index is 12.4. The van der Waals surface area contributed by atoms with Crippen LogP contribution in [0.25, 0.3) is 0 Å². The Labute approximate surface area is 128 Å². The molecule has 6 nitrogen and oxygen atoms in total. The normalized spacial score (nSPS) is 15.4. The number of carbonyl (C=O) groups is 2. The van der Waals surface area contributed by atoms with Crippen LogP contribution >= 0.6 is 11.3 Å². The Kier molecular flexibility index (Phi) is 5.17. The molecule has 0 aromatic carbocycles. The molecule has 1 saturated heterocycles. The molecule has 1 aromatic heterocycles. The van der Waals surface area contributed by atoms with Gasteiger partial charge in [0, 0.05) is 37.5 Å². The number of rotatable bonds is 3. The van der Waals surface area contributed by atoms with Crippen molar-refractivity contribution in [1.82, 2.24) is 14.8 Å². The molecule has 0 atom stereocenters. The predicted molar refractivity (Wildman–Crippen MR) is 80.7 cm³/mol. The summed E-state index contributed by atoms with van der Waals surface area (Å²) in [5.41, 5.74) is 0.508. The third kappa shape index (κ3) is 3.72. The van der Waals surface area contributed by atoms with E-state index in [2.05, 4.69) is 18.8 Å². The van der Waals surface area contributed by atoms with Gasteiger partial charge in [0.25, 0.3) is 5.91 Å². The van der Waals surface area contributed by atoms with E-state index in [9.17, 15) is 9.59 Å². The van der Waals surface area contributed by atoms with Crippen LogP contribution in [-0.2, 0) is 4.74 Å². The summed E-state index contributed by atoms with van der Waals surface area (Å²) in [5.74, 6) is 0.277. The Morgan fingerprint density at radius 3 is 2.43 bits per heavy atom. The summed E-state index contributed by atoms with van der Waals surface area (Å²) in [6.45, 7) is 8.33. The van der Waals surface area contributed by atoms with Crippen LogP contribution < -0.4 is 0 Å². The monoisotopic (exact) mass is 311 g/mol. The molecule has 1 aliphatic rings. The third-order valence-corrected chi connectivity index (χ3v) is 4.47. The van der Waals surface area contributed by atoms with Crippen molar-refractivity contribution >= 4 is 23.3 Å². The van der Waals surface area contributed by atoms with Crippen molar-refractivity contribution in [3.8, 4) is 0 Å². The molecule has 0 radical (unpaired) electrons. The van der Waals surface area contributed by atoms with Gasteiger partial charge in [-0.1, -0.05) is 13.8 Å². The molecule has 0 N–H and O–H groups in total. The summed E-state index contributed by atoms with van der Waals surface area (Å²) in [4.78, 5) is 31.8. The van der Waals surface area contributed by atoms with Gasteiger partial charge in [0.1, 0.15) is 5.69 Å². The Hall–Kier alpha value is -1.63. The van der Waals surface area contributed by atoms with Crippen LogP contribution in [-0.4, -0.2) is 59.6 Å². The van der Waals surface area contributed by atoms with E-state index in [0.29, 0.717) is 44.4 Å². The Bertz CT molecular complexity index is 507. The fourth-order valence-corrected chi connectivity index (χ4v) is 2.93. The van der Waals surface area contributed by atoms with Crippen LogP contribution in [0.5, 0.6) is 0 Å². The highest BCUT2D eigenvalue weighted by Crippen LogP contribution is 2.20. The number of hydrogen-bond donors (Lipinski definition) is 0. The number of nitrogens with zero attached hydrogens (tertiary/aromatic N) is 3. The molecule has 0 saturated carbocycles. The van der Waals surface area contributed by atoms with Crippen molar-refractivity contribution < 1.29 is 14.3 Å². The van der Waals surface area contributed by atoms with Gasteiger partial charge in [0.15, 0.2) is 0 Å². The second-order valence-corrected chi connectivity index (χ2v) is 6.09. The highest BCUT2D eigenvalue weighted by atomic mass is 32.1. The van der Waals surface area contributed by atoms with Gasteiger partial charge in [0.05, 0.1) is 11.6 Å². The van der Waals surface area contributed by atoms with E-state index in [-0.39, 0.29) is 12.0 Å². The minimum Gasteiger partial charge on any atom is -0.450 e. The molecule has 2 amide bonds. The van der Waals surface area contributed by atoms with E-state index in [1.54, 1.807) is 16.7 Å². The maximum Gasteiger partial charge on any atom is 0.409 e. The molecule has 21 heavy (non-hydrogen) atoms. The van der Waals surface area contributed by atoms with Gasteiger partial charge in [-0.05, 0) is 6.92 Å². The van der Waals surface area contributed by atoms with Gasteiger partial charge in [0.2, 0.25) is 0 Å². The van der Waals surface area contributed by atoms with E-state index >= 15 is 0 Å². The molecular formula is C14H21N3O3S. The van der Waals surface area contributed by atoms with E-state index in [1.165, 1.54) is 11.3 Å². The van der Waals surface area contributed by atoms with Gasteiger partial charge >= 0.3 is 6.09 Å². The number of aromatic nitrogens is 1. The third-order valence-electron chi connectivity index (χ3n) is 3.33. The SMILES string of the molecule is CCOC(=O)N1CCN(C(=O)c2csc(C(C)C)n2)CC1. The average molecular weight is 311 g/mol. The number of amides is 2. The number of hydrogen-bond acceptors (Lipinski definition) is 5.